The van der Waals surface area contributed by atoms with Gasteiger partial charge in [-0.25, -0.2) is 4.68 Å². The van der Waals surface area contributed by atoms with Crippen molar-refractivity contribution in [1.82, 2.24) is 25.0 Å². The van der Waals surface area contributed by atoms with Crippen molar-refractivity contribution in [1.29, 1.82) is 0 Å². The maximum atomic E-state index is 6.22. The summed E-state index contributed by atoms with van der Waals surface area (Å²) < 4.78 is 6.64. The van der Waals surface area contributed by atoms with E-state index in [9.17, 15) is 0 Å². The second kappa shape index (κ2) is 8.00. The zero-order valence-electron chi connectivity index (χ0n) is 14.0. The highest BCUT2D eigenvalue weighted by atomic mass is 35.5. The van der Waals surface area contributed by atoms with E-state index in [1.54, 1.807) is 24.3 Å². The minimum absolute atomic E-state index is 0.362. The van der Waals surface area contributed by atoms with E-state index in [1.165, 1.54) is 16.4 Å². The Balaban J connectivity index is 1.51. The molecule has 0 saturated carbocycles. The van der Waals surface area contributed by atoms with Crippen molar-refractivity contribution >= 4 is 46.6 Å². The highest BCUT2D eigenvalue weighted by Gasteiger charge is 2.17. The Morgan fingerprint density at radius 3 is 2.61 bits per heavy atom. The molecule has 0 radical (unpaired) electrons. The van der Waals surface area contributed by atoms with E-state index < -0.39 is 0 Å². The van der Waals surface area contributed by atoms with Crippen molar-refractivity contribution < 1.29 is 4.52 Å². The quantitative estimate of drug-likeness (QED) is 0.337. The van der Waals surface area contributed by atoms with E-state index in [0.717, 1.165) is 0 Å². The van der Waals surface area contributed by atoms with Crippen LogP contribution in [0.5, 0.6) is 0 Å². The molecule has 0 fully saturated rings. The molecule has 7 nitrogen and oxygen atoms in total. The van der Waals surface area contributed by atoms with Crippen molar-refractivity contribution in [2.24, 2.45) is 0 Å². The van der Waals surface area contributed by atoms with Crippen molar-refractivity contribution in [2.75, 3.05) is 5.84 Å². The lowest BCUT2D eigenvalue weighted by Crippen LogP contribution is -2.11. The lowest BCUT2D eigenvalue weighted by atomic mass is 10.2. The summed E-state index contributed by atoms with van der Waals surface area (Å²) in [4.78, 5) is 4.36. The molecule has 2 N–H and O–H groups in total. The first kappa shape index (κ1) is 19.1. The van der Waals surface area contributed by atoms with Gasteiger partial charge in [0.2, 0.25) is 16.9 Å². The van der Waals surface area contributed by atoms with Crippen LogP contribution in [0.15, 0.2) is 52.1 Å². The fraction of sp³-hybridized carbons (Fsp3) is 0.0588. The molecule has 2 heterocycles. The molecule has 0 aliphatic heterocycles. The number of hydrogen-bond donors (Lipinski definition) is 1. The third-order valence-corrected chi connectivity index (χ3v) is 5.55. The van der Waals surface area contributed by atoms with Crippen LogP contribution < -0.4 is 5.84 Å². The standard InChI is InChI=1S/C17H11Cl3N6OS/c18-9-5-6-11(13(20)7-9)16-23-24-17(26(16)21)28-8-14-22-15(25-27-14)10-3-1-2-4-12(10)19/h1-7H,8,21H2. The molecule has 0 amide bonds. The number of thioether (sulfide) groups is 1. The number of halogens is 3. The van der Waals surface area contributed by atoms with Gasteiger partial charge in [0.05, 0.1) is 15.8 Å². The van der Waals surface area contributed by atoms with Crippen LogP contribution >= 0.6 is 46.6 Å². The van der Waals surface area contributed by atoms with Crippen LogP contribution in [0.3, 0.4) is 0 Å². The van der Waals surface area contributed by atoms with Gasteiger partial charge in [0.1, 0.15) is 0 Å². The number of nitrogens with zero attached hydrogens (tertiary/aromatic N) is 5. The molecule has 4 rings (SSSR count). The number of nitrogens with two attached hydrogens (primary N) is 1. The van der Waals surface area contributed by atoms with Gasteiger partial charge in [-0.3, -0.25) is 0 Å². The molecule has 4 aromatic rings. The second-order valence-corrected chi connectivity index (χ2v) is 7.77. The van der Waals surface area contributed by atoms with Gasteiger partial charge in [-0.1, -0.05) is 63.9 Å². The highest BCUT2D eigenvalue weighted by Crippen LogP contribution is 2.31. The Kier molecular flexibility index (Phi) is 5.45. The van der Waals surface area contributed by atoms with Gasteiger partial charge in [0.15, 0.2) is 5.82 Å². The van der Waals surface area contributed by atoms with E-state index in [1.807, 2.05) is 18.2 Å². The van der Waals surface area contributed by atoms with Gasteiger partial charge >= 0.3 is 0 Å². The van der Waals surface area contributed by atoms with E-state index >= 15 is 0 Å². The maximum absolute atomic E-state index is 6.22. The first-order valence-corrected chi connectivity index (χ1v) is 10.0. The number of benzene rings is 2. The fourth-order valence-corrected chi connectivity index (χ4v) is 3.83. The Hall–Kier alpha value is -2.26. The summed E-state index contributed by atoms with van der Waals surface area (Å²) in [6, 6.07) is 12.3. The highest BCUT2D eigenvalue weighted by molar-refractivity contribution is 7.98. The zero-order valence-corrected chi connectivity index (χ0v) is 17.1. The minimum Gasteiger partial charge on any atom is -0.338 e. The average Bonchev–Trinajstić information content (AvgIpc) is 3.28. The number of hydrogen-bond acceptors (Lipinski definition) is 7. The molecular formula is C17H11Cl3N6OS. The lowest BCUT2D eigenvalue weighted by Gasteiger charge is -2.05. The molecule has 142 valence electrons. The molecular weight excluding hydrogens is 443 g/mol. The summed E-state index contributed by atoms with van der Waals surface area (Å²) in [7, 11) is 0. The van der Waals surface area contributed by atoms with Gasteiger partial charge in [-0.05, 0) is 30.3 Å². The molecule has 0 aliphatic carbocycles. The van der Waals surface area contributed by atoms with Crippen molar-refractivity contribution in [3.63, 3.8) is 0 Å². The normalized spacial score (nSPS) is 11.1. The predicted molar refractivity (Wildman–Crippen MR) is 110 cm³/mol. The largest absolute Gasteiger partial charge is 0.338 e. The van der Waals surface area contributed by atoms with Crippen LogP contribution in [0.1, 0.15) is 5.89 Å². The summed E-state index contributed by atoms with van der Waals surface area (Å²) in [5.41, 5.74) is 1.33. The molecule has 0 unspecified atom stereocenters. The summed E-state index contributed by atoms with van der Waals surface area (Å²) >= 11 is 19.6. The minimum atomic E-state index is 0.362. The molecule has 0 saturated heterocycles. The molecule has 0 spiro atoms. The molecule has 0 atom stereocenters. The van der Waals surface area contributed by atoms with Crippen molar-refractivity contribution in [3.05, 3.63) is 63.4 Å². The molecule has 28 heavy (non-hydrogen) atoms. The lowest BCUT2D eigenvalue weighted by molar-refractivity contribution is 0.391. The van der Waals surface area contributed by atoms with Gasteiger partial charge < -0.3 is 10.4 Å². The maximum Gasteiger partial charge on any atom is 0.237 e. The molecule has 0 aliphatic rings. The number of aromatic nitrogens is 5. The van der Waals surface area contributed by atoms with E-state index in [2.05, 4.69) is 20.3 Å². The molecule has 0 bridgehead atoms. The van der Waals surface area contributed by atoms with Crippen LogP contribution in [-0.4, -0.2) is 25.0 Å². The van der Waals surface area contributed by atoms with Crippen LogP contribution in [0.25, 0.3) is 22.8 Å². The third-order valence-electron chi connectivity index (χ3n) is 3.74. The predicted octanol–water partition coefficient (Wildman–Crippen LogP) is 4.96. The van der Waals surface area contributed by atoms with Crippen molar-refractivity contribution in [3.8, 4) is 22.8 Å². The fourth-order valence-electron chi connectivity index (χ4n) is 2.42. The molecule has 2 aromatic heterocycles. The topological polar surface area (TPSA) is 95.7 Å². The zero-order chi connectivity index (χ0) is 19.7. The van der Waals surface area contributed by atoms with Gasteiger partial charge in [-0.2, -0.15) is 4.98 Å². The monoisotopic (exact) mass is 452 g/mol. The van der Waals surface area contributed by atoms with E-state index in [-0.39, 0.29) is 0 Å². The van der Waals surface area contributed by atoms with Gasteiger partial charge in [0.25, 0.3) is 0 Å². The van der Waals surface area contributed by atoms with Gasteiger partial charge in [0, 0.05) is 16.1 Å². The van der Waals surface area contributed by atoms with E-state index in [4.69, 9.17) is 45.2 Å². The van der Waals surface area contributed by atoms with Gasteiger partial charge in [-0.15, -0.1) is 10.2 Å². The SMILES string of the molecule is Nn1c(SCc2nc(-c3ccccc3Cl)no2)nnc1-c1ccc(Cl)cc1Cl. The number of nitrogen functional groups attached to an aromatic ring is 1. The summed E-state index contributed by atoms with van der Waals surface area (Å²) in [5.74, 6) is 7.73. The van der Waals surface area contributed by atoms with Crippen LogP contribution in [-0.2, 0) is 5.75 Å². The van der Waals surface area contributed by atoms with Crippen LogP contribution in [0.4, 0.5) is 0 Å². The second-order valence-electron chi connectivity index (χ2n) is 5.58. The van der Waals surface area contributed by atoms with Crippen LogP contribution in [0.2, 0.25) is 15.1 Å². The molecule has 11 heteroatoms. The smallest absolute Gasteiger partial charge is 0.237 e. The summed E-state index contributed by atoms with van der Waals surface area (Å²) in [6.45, 7) is 0. The van der Waals surface area contributed by atoms with Crippen molar-refractivity contribution in [2.45, 2.75) is 10.9 Å². The number of rotatable bonds is 5. The Labute approximate surface area is 178 Å². The Bertz CT molecular complexity index is 1150. The molecule has 2 aromatic carbocycles. The van der Waals surface area contributed by atoms with E-state index in [0.29, 0.717) is 54.6 Å². The first-order valence-electron chi connectivity index (χ1n) is 7.89. The Morgan fingerprint density at radius 1 is 1.00 bits per heavy atom. The summed E-state index contributed by atoms with van der Waals surface area (Å²) in [6.07, 6.45) is 0. The Morgan fingerprint density at radius 2 is 1.82 bits per heavy atom. The third kappa shape index (κ3) is 3.81. The van der Waals surface area contributed by atoms with Crippen LogP contribution in [0, 0.1) is 0 Å². The first-order chi connectivity index (χ1) is 13.5. The summed E-state index contributed by atoms with van der Waals surface area (Å²) in [5, 5.41) is 14.2. The average molecular weight is 454 g/mol.